The highest BCUT2D eigenvalue weighted by Gasteiger charge is 2.25. The third-order valence-electron chi connectivity index (χ3n) is 4.34. The van der Waals surface area contributed by atoms with Gasteiger partial charge in [0.05, 0.1) is 13.3 Å². The third-order valence-corrected chi connectivity index (χ3v) is 4.34. The highest BCUT2D eigenvalue weighted by Crippen LogP contribution is 2.25. The normalized spacial score (nSPS) is 13.4. The Balaban J connectivity index is 2.00. The standard InChI is InChI=1S/C14H15N7O4/c1-18-13(23)10-12-19(4-3-5-20(12)14(18)24)11(16-10)8-6-15-17-21(8)7-9(22)25-2/h6H,3-5,7H2,1-2H3. The summed E-state index contributed by atoms with van der Waals surface area (Å²) in [5, 5.41) is 7.71. The van der Waals surface area contributed by atoms with E-state index < -0.39 is 11.5 Å². The number of aryl methyl sites for hydroxylation is 2. The molecule has 1 aliphatic heterocycles. The van der Waals surface area contributed by atoms with Crippen molar-refractivity contribution in [3.63, 3.8) is 0 Å². The maximum absolute atomic E-state index is 12.4. The Bertz CT molecular complexity index is 1120. The first-order valence-corrected chi connectivity index (χ1v) is 7.68. The van der Waals surface area contributed by atoms with Crippen molar-refractivity contribution in [2.45, 2.75) is 26.1 Å². The van der Waals surface area contributed by atoms with Gasteiger partial charge in [-0.1, -0.05) is 5.21 Å². The number of carbonyl (C=O) groups excluding carboxylic acids is 1. The number of imidazole rings is 1. The molecule has 25 heavy (non-hydrogen) atoms. The van der Waals surface area contributed by atoms with E-state index in [0.717, 1.165) is 11.0 Å². The number of ether oxygens (including phenoxy) is 1. The molecule has 0 bridgehead atoms. The van der Waals surface area contributed by atoms with E-state index in [1.807, 2.05) is 0 Å². The van der Waals surface area contributed by atoms with Gasteiger partial charge in [0.25, 0.3) is 5.56 Å². The molecular formula is C14H15N7O4. The molecule has 4 heterocycles. The molecule has 0 N–H and O–H groups in total. The van der Waals surface area contributed by atoms with E-state index in [9.17, 15) is 14.4 Å². The second-order valence-electron chi connectivity index (χ2n) is 5.76. The summed E-state index contributed by atoms with van der Waals surface area (Å²) >= 11 is 0. The van der Waals surface area contributed by atoms with Crippen LogP contribution in [-0.2, 0) is 36.2 Å². The average Bonchev–Trinajstić information content (AvgIpc) is 3.22. The lowest BCUT2D eigenvalue weighted by molar-refractivity contribution is -0.141. The van der Waals surface area contributed by atoms with E-state index in [4.69, 9.17) is 0 Å². The first-order valence-electron chi connectivity index (χ1n) is 7.68. The number of rotatable bonds is 3. The van der Waals surface area contributed by atoms with Crippen LogP contribution in [0, 0.1) is 0 Å². The Hall–Kier alpha value is -3.24. The Morgan fingerprint density at radius 2 is 2.04 bits per heavy atom. The van der Waals surface area contributed by atoms with Crippen molar-refractivity contribution >= 4 is 17.1 Å². The van der Waals surface area contributed by atoms with Crippen LogP contribution in [-0.4, -0.2) is 46.8 Å². The summed E-state index contributed by atoms with van der Waals surface area (Å²) in [7, 11) is 2.72. The number of carbonyl (C=O) groups is 1. The number of hydrogen-bond acceptors (Lipinski definition) is 7. The predicted octanol–water partition coefficient (Wildman–Crippen LogP) is -1.27. The second kappa shape index (κ2) is 5.40. The molecule has 0 unspecified atom stereocenters. The van der Waals surface area contributed by atoms with Crippen LogP contribution >= 0.6 is 0 Å². The van der Waals surface area contributed by atoms with Gasteiger partial charge in [0, 0.05) is 20.1 Å². The molecule has 11 heteroatoms. The van der Waals surface area contributed by atoms with Crippen molar-refractivity contribution in [1.82, 2.24) is 33.7 Å². The molecule has 0 aliphatic carbocycles. The van der Waals surface area contributed by atoms with Crippen LogP contribution < -0.4 is 11.2 Å². The summed E-state index contributed by atoms with van der Waals surface area (Å²) in [5.41, 5.74) is 0.351. The predicted molar refractivity (Wildman–Crippen MR) is 84.9 cm³/mol. The van der Waals surface area contributed by atoms with Crippen LogP contribution in [0.1, 0.15) is 6.42 Å². The quantitative estimate of drug-likeness (QED) is 0.543. The van der Waals surface area contributed by atoms with Gasteiger partial charge in [0.15, 0.2) is 17.0 Å². The zero-order valence-corrected chi connectivity index (χ0v) is 13.7. The van der Waals surface area contributed by atoms with Crippen LogP contribution in [0.4, 0.5) is 0 Å². The molecule has 1 aliphatic rings. The molecule has 0 radical (unpaired) electrons. The van der Waals surface area contributed by atoms with Gasteiger partial charge >= 0.3 is 11.7 Å². The minimum absolute atomic E-state index is 0.125. The van der Waals surface area contributed by atoms with Crippen molar-refractivity contribution in [3.8, 4) is 11.5 Å². The average molecular weight is 345 g/mol. The van der Waals surface area contributed by atoms with Crippen molar-refractivity contribution in [2.24, 2.45) is 7.05 Å². The molecule has 0 fully saturated rings. The van der Waals surface area contributed by atoms with Crippen molar-refractivity contribution in [2.75, 3.05) is 7.11 Å². The van der Waals surface area contributed by atoms with E-state index in [1.165, 1.54) is 25.0 Å². The van der Waals surface area contributed by atoms with E-state index >= 15 is 0 Å². The van der Waals surface area contributed by atoms with Crippen LogP contribution in [0.5, 0.6) is 0 Å². The van der Waals surface area contributed by atoms with Gasteiger partial charge in [-0.3, -0.25) is 18.7 Å². The summed E-state index contributed by atoms with van der Waals surface area (Å²) in [6.07, 6.45) is 2.19. The summed E-state index contributed by atoms with van der Waals surface area (Å²) in [6.45, 7) is 0.996. The highest BCUT2D eigenvalue weighted by atomic mass is 16.5. The minimum Gasteiger partial charge on any atom is -0.468 e. The van der Waals surface area contributed by atoms with Crippen LogP contribution in [0.25, 0.3) is 22.7 Å². The van der Waals surface area contributed by atoms with E-state index in [0.29, 0.717) is 30.3 Å². The fourth-order valence-electron chi connectivity index (χ4n) is 3.11. The number of esters is 1. The van der Waals surface area contributed by atoms with E-state index in [-0.39, 0.29) is 17.8 Å². The Morgan fingerprint density at radius 3 is 2.80 bits per heavy atom. The molecule has 0 saturated heterocycles. The highest BCUT2D eigenvalue weighted by molar-refractivity contribution is 5.77. The number of nitrogens with zero attached hydrogens (tertiary/aromatic N) is 7. The molecule has 0 atom stereocenters. The second-order valence-corrected chi connectivity index (χ2v) is 5.76. The van der Waals surface area contributed by atoms with Gasteiger partial charge in [-0.15, -0.1) is 5.10 Å². The van der Waals surface area contributed by atoms with Gasteiger partial charge < -0.3 is 9.30 Å². The molecule has 0 amide bonds. The molecular weight excluding hydrogens is 330 g/mol. The SMILES string of the molecule is COC(=O)Cn1nncc1-c1nc2c(=O)n(C)c(=O)n3c2n1CCC3. The molecule has 11 nitrogen and oxygen atoms in total. The molecule has 0 saturated carbocycles. The third kappa shape index (κ3) is 2.12. The molecule has 4 rings (SSSR count). The van der Waals surface area contributed by atoms with Gasteiger partial charge in [-0.25, -0.2) is 14.5 Å². The summed E-state index contributed by atoms with van der Waals surface area (Å²) in [4.78, 5) is 40.8. The zero-order chi connectivity index (χ0) is 17.7. The molecule has 3 aromatic rings. The largest absolute Gasteiger partial charge is 0.468 e. The first-order chi connectivity index (χ1) is 12.0. The van der Waals surface area contributed by atoms with Gasteiger partial charge in [0.1, 0.15) is 12.2 Å². The van der Waals surface area contributed by atoms with Gasteiger partial charge in [0.2, 0.25) is 0 Å². The molecule has 0 aromatic carbocycles. The van der Waals surface area contributed by atoms with Crippen molar-refractivity contribution in [1.29, 1.82) is 0 Å². The number of aromatic nitrogens is 7. The fraction of sp³-hybridized carbons (Fsp3) is 0.429. The molecule has 130 valence electrons. The van der Waals surface area contributed by atoms with Crippen LogP contribution in [0.2, 0.25) is 0 Å². The lowest BCUT2D eigenvalue weighted by Gasteiger charge is -2.18. The zero-order valence-electron chi connectivity index (χ0n) is 13.7. The Morgan fingerprint density at radius 1 is 1.28 bits per heavy atom. The topological polar surface area (TPSA) is 119 Å². The van der Waals surface area contributed by atoms with E-state index in [2.05, 4.69) is 20.0 Å². The lowest BCUT2D eigenvalue weighted by atomic mass is 10.3. The van der Waals surface area contributed by atoms with Crippen LogP contribution in [0.15, 0.2) is 15.8 Å². The smallest absolute Gasteiger partial charge is 0.332 e. The maximum atomic E-state index is 12.4. The molecule has 0 spiro atoms. The van der Waals surface area contributed by atoms with Gasteiger partial charge in [-0.05, 0) is 6.42 Å². The van der Waals surface area contributed by atoms with Gasteiger partial charge in [-0.2, -0.15) is 0 Å². The maximum Gasteiger partial charge on any atom is 0.332 e. The lowest BCUT2D eigenvalue weighted by Crippen LogP contribution is -2.40. The summed E-state index contributed by atoms with van der Waals surface area (Å²) < 4.78 is 10.4. The Labute approximate surface area is 140 Å². The first kappa shape index (κ1) is 15.3. The number of methoxy groups -OCH3 is 1. The monoisotopic (exact) mass is 345 g/mol. The summed E-state index contributed by atoms with van der Waals surface area (Å²) in [5.74, 6) is -0.0330. The van der Waals surface area contributed by atoms with Crippen molar-refractivity contribution in [3.05, 3.63) is 27.0 Å². The van der Waals surface area contributed by atoms with Crippen LogP contribution in [0.3, 0.4) is 0 Å². The van der Waals surface area contributed by atoms with E-state index in [1.54, 1.807) is 9.13 Å². The summed E-state index contributed by atoms with van der Waals surface area (Å²) in [6, 6.07) is 0. The Kier molecular flexibility index (Phi) is 3.30. The fourth-order valence-corrected chi connectivity index (χ4v) is 3.11. The minimum atomic E-state index is -0.477. The molecule has 3 aromatic heterocycles. The van der Waals surface area contributed by atoms with Crippen molar-refractivity contribution < 1.29 is 9.53 Å². The number of hydrogen-bond donors (Lipinski definition) is 0.